The molecule has 1 heterocycles. The van der Waals surface area contributed by atoms with E-state index in [0.29, 0.717) is 21.9 Å². The van der Waals surface area contributed by atoms with E-state index in [1.807, 2.05) is 16.7 Å². The zero-order chi connectivity index (χ0) is 19.6. The van der Waals surface area contributed by atoms with Crippen molar-refractivity contribution in [2.45, 2.75) is 18.4 Å². The number of hydrogen-bond donors (Lipinski definition) is 0. The minimum absolute atomic E-state index is 0.0105. The summed E-state index contributed by atoms with van der Waals surface area (Å²) in [5, 5.41) is 0.611. The highest BCUT2D eigenvalue weighted by Gasteiger charge is 2.13. The minimum atomic E-state index is -3.30. The highest BCUT2D eigenvalue weighted by Crippen LogP contribution is 2.22. The molecule has 0 aliphatic rings. The van der Waals surface area contributed by atoms with E-state index in [4.69, 9.17) is 11.6 Å². The summed E-state index contributed by atoms with van der Waals surface area (Å²) in [5.74, 6) is -0.428. The molecular formula is C19H17ClN2O3S2. The number of sulfone groups is 1. The van der Waals surface area contributed by atoms with Crippen LogP contribution in [-0.2, 0) is 16.4 Å². The first kappa shape index (κ1) is 19.5. The molecule has 0 spiro atoms. The molecule has 3 aromatic rings. The lowest BCUT2D eigenvalue weighted by Gasteiger charge is -2.02. The van der Waals surface area contributed by atoms with Crippen LogP contribution in [0.25, 0.3) is 10.2 Å². The van der Waals surface area contributed by atoms with Gasteiger partial charge in [0.2, 0.25) is 0 Å². The van der Waals surface area contributed by atoms with Crippen LogP contribution in [0.4, 0.5) is 0 Å². The Bertz CT molecular complexity index is 1190. The number of rotatable bonds is 5. The van der Waals surface area contributed by atoms with E-state index in [1.54, 1.807) is 19.1 Å². The molecule has 0 saturated carbocycles. The smallest absolute Gasteiger partial charge is 0.279 e. The number of amides is 1. The average Bonchev–Trinajstić information content (AvgIpc) is 2.98. The quantitative estimate of drug-likeness (QED) is 0.584. The first-order valence-corrected chi connectivity index (χ1v) is 11.0. The third-order valence-electron chi connectivity index (χ3n) is 3.99. The number of thiazole rings is 1. The summed E-state index contributed by atoms with van der Waals surface area (Å²) >= 11 is 7.41. The number of carbonyl (C=O) groups is 1. The summed E-state index contributed by atoms with van der Waals surface area (Å²) in [7, 11) is -3.30. The van der Waals surface area contributed by atoms with Gasteiger partial charge in [-0.3, -0.25) is 4.79 Å². The first-order valence-electron chi connectivity index (χ1n) is 8.17. The van der Waals surface area contributed by atoms with E-state index in [0.717, 1.165) is 10.2 Å². The van der Waals surface area contributed by atoms with Crippen molar-refractivity contribution in [2.75, 3.05) is 5.75 Å². The number of fused-ring (bicyclic) bond motifs is 1. The van der Waals surface area contributed by atoms with Gasteiger partial charge in [-0.2, -0.15) is 4.99 Å². The molecule has 0 bridgehead atoms. The van der Waals surface area contributed by atoms with Gasteiger partial charge in [-0.1, -0.05) is 35.9 Å². The SMILES string of the molecule is C=CCn1c(=NC(=O)c2ccc(S(=O)(=O)CC)cc2)sc2cc(Cl)ccc21. The van der Waals surface area contributed by atoms with E-state index in [9.17, 15) is 13.2 Å². The molecule has 0 N–H and O–H groups in total. The van der Waals surface area contributed by atoms with Crippen molar-refractivity contribution in [1.82, 2.24) is 4.57 Å². The maximum Gasteiger partial charge on any atom is 0.279 e. The number of carbonyl (C=O) groups excluding carboxylic acids is 1. The fraction of sp³-hybridized carbons (Fsp3) is 0.158. The Labute approximate surface area is 166 Å². The second-order valence-corrected chi connectivity index (χ2v) is 9.46. The maximum absolute atomic E-state index is 12.6. The van der Waals surface area contributed by atoms with Crippen molar-refractivity contribution in [3.63, 3.8) is 0 Å². The Morgan fingerprint density at radius 3 is 2.59 bits per heavy atom. The van der Waals surface area contributed by atoms with Gasteiger partial charge in [-0.15, -0.1) is 6.58 Å². The van der Waals surface area contributed by atoms with E-state index < -0.39 is 15.7 Å². The molecule has 0 unspecified atom stereocenters. The molecule has 2 aromatic carbocycles. The topological polar surface area (TPSA) is 68.5 Å². The third kappa shape index (κ3) is 4.05. The third-order valence-corrected chi connectivity index (χ3v) is 7.02. The van der Waals surface area contributed by atoms with Crippen LogP contribution in [0.2, 0.25) is 5.02 Å². The molecular weight excluding hydrogens is 404 g/mol. The lowest BCUT2D eigenvalue weighted by atomic mass is 10.2. The Morgan fingerprint density at radius 2 is 1.96 bits per heavy atom. The number of halogens is 1. The highest BCUT2D eigenvalue weighted by molar-refractivity contribution is 7.91. The maximum atomic E-state index is 12.6. The molecule has 0 atom stereocenters. The van der Waals surface area contributed by atoms with Crippen molar-refractivity contribution in [3.8, 4) is 0 Å². The summed E-state index contributed by atoms with van der Waals surface area (Å²) in [4.78, 5) is 17.5. The summed E-state index contributed by atoms with van der Waals surface area (Å²) in [6, 6.07) is 11.3. The summed E-state index contributed by atoms with van der Waals surface area (Å²) in [5.41, 5.74) is 1.24. The Kier molecular flexibility index (Phi) is 5.64. The Balaban J connectivity index is 2.04. The first-order chi connectivity index (χ1) is 12.9. The van der Waals surface area contributed by atoms with Gasteiger partial charge in [0.15, 0.2) is 14.6 Å². The Hall–Kier alpha value is -2.22. The van der Waals surface area contributed by atoms with Crippen LogP contribution in [0.1, 0.15) is 17.3 Å². The van der Waals surface area contributed by atoms with Crippen molar-refractivity contribution in [1.29, 1.82) is 0 Å². The molecule has 0 radical (unpaired) electrons. The van der Waals surface area contributed by atoms with Crippen LogP contribution in [-0.4, -0.2) is 24.6 Å². The van der Waals surface area contributed by atoms with E-state index >= 15 is 0 Å². The Morgan fingerprint density at radius 1 is 1.26 bits per heavy atom. The van der Waals surface area contributed by atoms with Crippen LogP contribution < -0.4 is 4.80 Å². The van der Waals surface area contributed by atoms with Crippen LogP contribution in [0.3, 0.4) is 0 Å². The van der Waals surface area contributed by atoms with E-state index in [-0.39, 0.29) is 10.6 Å². The summed E-state index contributed by atoms with van der Waals surface area (Å²) in [6.07, 6.45) is 1.73. The van der Waals surface area contributed by atoms with Gasteiger partial charge in [0.25, 0.3) is 5.91 Å². The number of aromatic nitrogens is 1. The molecule has 3 rings (SSSR count). The predicted octanol–water partition coefficient (Wildman–Crippen LogP) is 4.08. The van der Waals surface area contributed by atoms with Crippen molar-refractivity contribution in [2.24, 2.45) is 4.99 Å². The highest BCUT2D eigenvalue weighted by atomic mass is 35.5. The van der Waals surface area contributed by atoms with Crippen molar-refractivity contribution in [3.05, 3.63) is 70.5 Å². The zero-order valence-corrected chi connectivity index (χ0v) is 16.9. The van der Waals surface area contributed by atoms with Gasteiger partial charge in [-0.25, -0.2) is 8.42 Å². The fourth-order valence-electron chi connectivity index (χ4n) is 2.56. The van der Waals surface area contributed by atoms with Gasteiger partial charge < -0.3 is 4.57 Å². The molecule has 0 fully saturated rings. The molecule has 8 heteroatoms. The lowest BCUT2D eigenvalue weighted by molar-refractivity contribution is 0.0998. The van der Waals surface area contributed by atoms with Gasteiger partial charge in [0.1, 0.15) is 0 Å². The van der Waals surface area contributed by atoms with Gasteiger partial charge >= 0.3 is 0 Å². The van der Waals surface area contributed by atoms with Crippen LogP contribution in [0.15, 0.2) is 65.0 Å². The van der Waals surface area contributed by atoms with Crippen LogP contribution >= 0.6 is 22.9 Å². The van der Waals surface area contributed by atoms with E-state index in [1.165, 1.54) is 35.6 Å². The largest absolute Gasteiger partial charge is 0.312 e. The number of nitrogens with zero attached hydrogens (tertiary/aromatic N) is 2. The predicted molar refractivity (Wildman–Crippen MR) is 109 cm³/mol. The summed E-state index contributed by atoms with van der Waals surface area (Å²) in [6.45, 7) is 5.83. The molecule has 0 saturated heterocycles. The lowest BCUT2D eigenvalue weighted by Crippen LogP contribution is -2.16. The molecule has 140 valence electrons. The molecule has 0 aliphatic carbocycles. The number of benzene rings is 2. The fourth-order valence-corrected chi connectivity index (χ4v) is 4.76. The van der Waals surface area contributed by atoms with Crippen LogP contribution in [0.5, 0.6) is 0 Å². The second kappa shape index (κ2) is 7.80. The van der Waals surface area contributed by atoms with Gasteiger partial charge in [-0.05, 0) is 42.5 Å². The molecule has 5 nitrogen and oxygen atoms in total. The molecule has 1 amide bonds. The average molecular weight is 421 g/mol. The summed E-state index contributed by atoms with van der Waals surface area (Å²) < 4.78 is 26.6. The number of allylic oxidation sites excluding steroid dienone is 1. The van der Waals surface area contributed by atoms with Crippen LogP contribution in [0, 0.1) is 0 Å². The monoisotopic (exact) mass is 420 g/mol. The number of hydrogen-bond acceptors (Lipinski definition) is 4. The van der Waals surface area contributed by atoms with Crippen molar-refractivity contribution < 1.29 is 13.2 Å². The zero-order valence-electron chi connectivity index (χ0n) is 14.6. The van der Waals surface area contributed by atoms with Gasteiger partial charge in [0, 0.05) is 17.1 Å². The van der Waals surface area contributed by atoms with E-state index in [2.05, 4.69) is 11.6 Å². The standard InChI is InChI=1S/C19H17ClN2O3S2/c1-3-11-22-16-10-7-14(20)12-17(16)26-19(22)21-18(23)13-5-8-15(9-6-13)27(24,25)4-2/h3,5-10,12H,1,4,11H2,2H3. The molecule has 0 aliphatic heterocycles. The van der Waals surface area contributed by atoms with Crippen molar-refractivity contribution >= 4 is 48.9 Å². The molecule has 27 heavy (non-hydrogen) atoms. The normalized spacial score (nSPS) is 12.4. The van der Waals surface area contributed by atoms with Gasteiger partial charge in [0.05, 0.1) is 20.9 Å². The molecule has 1 aromatic heterocycles. The minimum Gasteiger partial charge on any atom is -0.312 e. The second-order valence-electron chi connectivity index (χ2n) is 5.74.